The quantitative estimate of drug-likeness (QED) is 0.247. The van der Waals surface area contributed by atoms with Crippen LogP contribution in [0.4, 0.5) is 15.2 Å². The van der Waals surface area contributed by atoms with Crippen molar-refractivity contribution in [2.24, 2.45) is 0 Å². The molecule has 2 heterocycles. The average Bonchev–Trinajstić information content (AvgIpc) is 3.27. The van der Waals surface area contributed by atoms with Crippen molar-refractivity contribution in [2.75, 3.05) is 29.0 Å². The van der Waals surface area contributed by atoms with Crippen LogP contribution in [0, 0.1) is 12.7 Å². The van der Waals surface area contributed by atoms with Crippen LogP contribution in [0.25, 0.3) is 0 Å². The Morgan fingerprint density at radius 3 is 2.12 bits per heavy atom. The number of carbonyl (C=O) groups excluding carboxylic acids is 1. The topological polar surface area (TPSA) is 82.6 Å². The van der Waals surface area contributed by atoms with E-state index in [0.717, 1.165) is 35.2 Å². The number of aryl methyl sites for hydroxylation is 1. The number of benzene rings is 3. The van der Waals surface area contributed by atoms with Gasteiger partial charge in [-0.05, 0) is 60.5 Å². The van der Waals surface area contributed by atoms with Crippen LogP contribution in [0.1, 0.15) is 33.2 Å². The summed E-state index contributed by atoms with van der Waals surface area (Å²) in [6.45, 7) is 2.54. The number of hydrogen-bond acceptors (Lipinski definition) is 6. The maximum absolute atomic E-state index is 14.7. The summed E-state index contributed by atoms with van der Waals surface area (Å²) in [5.41, 5.74) is 2.79. The summed E-state index contributed by atoms with van der Waals surface area (Å²) in [5, 5.41) is 6.02. The van der Waals surface area contributed by atoms with Crippen molar-refractivity contribution in [3.8, 4) is 0 Å². The Morgan fingerprint density at radius 1 is 1.05 bits per heavy atom. The second-order valence-corrected chi connectivity index (χ2v) is 13.2. The monoisotopic (exact) mass is 618 g/mol. The van der Waals surface area contributed by atoms with Gasteiger partial charge in [-0.1, -0.05) is 47.5 Å². The fourth-order valence-electron chi connectivity index (χ4n) is 4.84. The van der Waals surface area contributed by atoms with E-state index in [1.807, 2.05) is 48.5 Å². The fraction of sp³-hybridized carbons (Fsp3) is 0.214. The highest BCUT2D eigenvalue weighted by atomic mass is 35.5. The molecule has 0 radical (unpaired) electrons. The first-order valence-electron chi connectivity index (χ1n) is 12.3. The average molecular weight is 620 g/mol. The van der Waals surface area contributed by atoms with Crippen LogP contribution in [0.5, 0.6) is 0 Å². The Labute approximate surface area is 246 Å². The van der Waals surface area contributed by atoms with E-state index in [4.69, 9.17) is 23.2 Å². The lowest BCUT2D eigenvalue weighted by Crippen LogP contribution is -2.61. The minimum absolute atomic E-state index is 0.00659. The van der Waals surface area contributed by atoms with Crippen LogP contribution in [0.15, 0.2) is 72.1 Å². The number of likely N-dealkylation sites (tertiary alicyclic amines) is 1. The van der Waals surface area contributed by atoms with Gasteiger partial charge in [0.05, 0.1) is 29.7 Å². The molecule has 0 spiro atoms. The molecule has 0 bridgehead atoms. The van der Waals surface area contributed by atoms with E-state index in [1.54, 1.807) is 12.3 Å². The van der Waals surface area contributed by atoms with Crippen molar-refractivity contribution >= 4 is 61.3 Å². The molecule has 1 N–H and O–H groups in total. The van der Waals surface area contributed by atoms with Gasteiger partial charge < -0.3 is 0 Å². The number of halogens is 3. The molecule has 40 heavy (non-hydrogen) atoms. The van der Waals surface area contributed by atoms with Gasteiger partial charge in [-0.25, -0.2) is 17.8 Å². The number of carbonyl (C=O) groups is 1. The summed E-state index contributed by atoms with van der Waals surface area (Å²) in [6, 6.07) is 17.9. The predicted molar refractivity (Wildman–Crippen MR) is 159 cm³/mol. The van der Waals surface area contributed by atoms with Crippen molar-refractivity contribution in [1.82, 2.24) is 9.88 Å². The maximum Gasteiger partial charge on any atom is 0.257 e. The van der Waals surface area contributed by atoms with Crippen LogP contribution in [0.2, 0.25) is 10.0 Å². The molecule has 1 aliphatic heterocycles. The third kappa shape index (κ3) is 6.31. The summed E-state index contributed by atoms with van der Waals surface area (Å²) in [5.74, 6) is -1.30. The lowest BCUT2D eigenvalue weighted by molar-refractivity contribution is 0.102. The third-order valence-electron chi connectivity index (χ3n) is 6.55. The summed E-state index contributed by atoms with van der Waals surface area (Å²) >= 11 is 13.5. The van der Waals surface area contributed by atoms with E-state index >= 15 is 0 Å². The fourth-order valence-corrected chi connectivity index (χ4v) is 6.94. The SMILES string of the molecule is Cc1csc(NC(=O)c2cc(F)cc(N(C3CN(C(c4ccc(Cl)cc4)c4ccc(Cl)cc4)C3)S(C)(=O)=O)c2)n1. The predicted octanol–water partition coefficient (Wildman–Crippen LogP) is 6.39. The van der Waals surface area contributed by atoms with Crippen molar-refractivity contribution < 1.29 is 17.6 Å². The number of sulfonamides is 1. The Kier molecular flexibility index (Phi) is 8.17. The molecule has 4 aromatic rings. The third-order valence-corrected chi connectivity index (χ3v) is 9.16. The molecule has 5 rings (SSSR count). The molecule has 12 heteroatoms. The van der Waals surface area contributed by atoms with Crippen molar-refractivity contribution in [1.29, 1.82) is 0 Å². The molecule has 0 atom stereocenters. The standard InChI is InChI=1S/C28H25Cl2FN4O3S2/c1-17-16-39-28(32-17)33-27(36)20-11-23(31)13-24(12-20)35(40(2,37)38)25-14-34(15-25)26(18-3-7-21(29)8-4-18)19-5-9-22(30)10-6-19/h3-13,16,25-26H,14-15H2,1-2H3,(H,32,33,36). The molecule has 208 valence electrons. The molecule has 1 fully saturated rings. The minimum atomic E-state index is -3.82. The van der Waals surface area contributed by atoms with Crippen LogP contribution >= 0.6 is 34.5 Å². The van der Waals surface area contributed by atoms with Gasteiger partial charge in [0, 0.05) is 34.1 Å². The first-order chi connectivity index (χ1) is 19.0. The zero-order valence-electron chi connectivity index (χ0n) is 21.5. The Morgan fingerprint density at radius 2 is 1.62 bits per heavy atom. The first kappa shape index (κ1) is 28.5. The second-order valence-electron chi connectivity index (χ2n) is 9.62. The molecular weight excluding hydrogens is 594 g/mol. The number of anilines is 2. The number of nitrogens with one attached hydrogen (secondary N) is 1. The molecule has 0 saturated carbocycles. The highest BCUT2D eigenvalue weighted by Crippen LogP contribution is 2.37. The van der Waals surface area contributed by atoms with Crippen LogP contribution < -0.4 is 9.62 Å². The molecule has 1 aliphatic rings. The zero-order chi connectivity index (χ0) is 28.6. The van der Waals surface area contributed by atoms with E-state index in [0.29, 0.717) is 28.3 Å². The van der Waals surface area contributed by atoms with E-state index in [9.17, 15) is 17.6 Å². The van der Waals surface area contributed by atoms with Gasteiger partial charge in [-0.3, -0.25) is 19.3 Å². The summed E-state index contributed by atoms with van der Waals surface area (Å²) in [7, 11) is -3.82. The Balaban J connectivity index is 1.42. The first-order valence-corrected chi connectivity index (χ1v) is 15.7. The largest absolute Gasteiger partial charge is 0.298 e. The summed E-state index contributed by atoms with van der Waals surface area (Å²) < 4.78 is 41.9. The van der Waals surface area contributed by atoms with Crippen LogP contribution in [0.3, 0.4) is 0 Å². The second kappa shape index (κ2) is 11.5. The van der Waals surface area contributed by atoms with Gasteiger partial charge in [-0.2, -0.15) is 0 Å². The highest BCUT2D eigenvalue weighted by molar-refractivity contribution is 7.92. The minimum Gasteiger partial charge on any atom is -0.298 e. The highest BCUT2D eigenvalue weighted by Gasteiger charge is 2.41. The van der Waals surface area contributed by atoms with E-state index in [1.165, 1.54) is 21.7 Å². The van der Waals surface area contributed by atoms with Gasteiger partial charge in [0.15, 0.2) is 5.13 Å². The van der Waals surface area contributed by atoms with Gasteiger partial charge in [0.2, 0.25) is 10.0 Å². The molecule has 1 amide bonds. The van der Waals surface area contributed by atoms with E-state index < -0.39 is 27.8 Å². The number of rotatable bonds is 8. The van der Waals surface area contributed by atoms with Gasteiger partial charge >= 0.3 is 0 Å². The van der Waals surface area contributed by atoms with Crippen molar-refractivity contribution in [3.05, 3.63) is 110 Å². The Hall–Kier alpha value is -3.02. The molecule has 3 aromatic carbocycles. The molecule has 1 saturated heterocycles. The molecule has 0 unspecified atom stereocenters. The summed E-state index contributed by atoms with van der Waals surface area (Å²) in [6.07, 6.45) is 1.08. The van der Waals surface area contributed by atoms with E-state index in [2.05, 4.69) is 15.2 Å². The number of thiazole rings is 1. The number of aromatic nitrogens is 1. The van der Waals surface area contributed by atoms with E-state index in [-0.39, 0.29) is 17.3 Å². The zero-order valence-corrected chi connectivity index (χ0v) is 24.7. The Bertz CT molecular complexity index is 1600. The van der Waals surface area contributed by atoms with Crippen molar-refractivity contribution in [3.63, 3.8) is 0 Å². The van der Waals surface area contributed by atoms with Crippen LogP contribution in [-0.2, 0) is 10.0 Å². The number of nitrogens with zero attached hydrogens (tertiary/aromatic N) is 3. The molecule has 7 nitrogen and oxygen atoms in total. The smallest absolute Gasteiger partial charge is 0.257 e. The maximum atomic E-state index is 14.7. The lowest BCUT2D eigenvalue weighted by atomic mass is 9.93. The molecular formula is C28H25Cl2FN4O3S2. The van der Waals surface area contributed by atoms with Crippen LogP contribution in [-0.4, -0.2) is 49.6 Å². The molecule has 0 aliphatic carbocycles. The lowest BCUT2D eigenvalue weighted by Gasteiger charge is -2.48. The normalized spacial score (nSPS) is 14.2. The number of amides is 1. The van der Waals surface area contributed by atoms with Gasteiger partial charge in [-0.15, -0.1) is 11.3 Å². The van der Waals surface area contributed by atoms with Gasteiger partial charge in [0.25, 0.3) is 5.91 Å². The molecule has 1 aromatic heterocycles. The number of hydrogen-bond donors (Lipinski definition) is 1. The summed E-state index contributed by atoms with van der Waals surface area (Å²) in [4.78, 5) is 19.2. The van der Waals surface area contributed by atoms with Gasteiger partial charge in [0.1, 0.15) is 5.82 Å². The van der Waals surface area contributed by atoms with Crippen molar-refractivity contribution in [2.45, 2.75) is 19.0 Å².